The molecular formula is C86H84N22O8. The molecule has 7 aromatic carbocycles. The molecule has 0 aliphatic heterocycles. The van der Waals surface area contributed by atoms with Crippen molar-refractivity contribution in [2.45, 2.75) is 124 Å². The first kappa shape index (κ1) is 80.9. The Morgan fingerprint density at radius 3 is 1.59 bits per heavy atom. The van der Waals surface area contributed by atoms with Crippen LogP contribution in [0.25, 0.3) is 66.4 Å². The molecule has 0 unspecified atom stereocenters. The topological polar surface area (TPSA) is 446 Å². The molecule has 30 heteroatoms. The molecule has 0 saturated heterocycles. The largest absolute Gasteiger partial charge is 0.382 e. The minimum absolute atomic E-state index is 0.0789. The predicted molar refractivity (Wildman–Crippen MR) is 440 cm³/mol. The highest BCUT2D eigenvalue weighted by Gasteiger charge is 2.27. The van der Waals surface area contributed by atoms with Crippen LogP contribution < -0.4 is 49.2 Å². The molecule has 0 bridgehead atoms. The number of amides is 3. The summed E-state index contributed by atoms with van der Waals surface area (Å²) in [6, 6.07) is 56.7. The second-order valence-electron chi connectivity index (χ2n) is 27.2. The lowest BCUT2D eigenvalue weighted by atomic mass is 10.00. The number of nitrogen functional groups attached to an aromatic ring is 1. The number of fused-ring (bicyclic) bond motifs is 4. The van der Waals surface area contributed by atoms with Crippen LogP contribution >= 0.6 is 0 Å². The highest BCUT2D eigenvalue weighted by molar-refractivity contribution is 5.96. The van der Waals surface area contributed by atoms with Gasteiger partial charge in [0, 0.05) is 34.7 Å². The summed E-state index contributed by atoms with van der Waals surface area (Å²) in [7, 11) is 0. The van der Waals surface area contributed by atoms with Gasteiger partial charge in [0.2, 0.25) is 5.91 Å². The molecule has 14 rings (SSSR count). The molecule has 7 heterocycles. The number of nitrogens with zero attached hydrogens (tertiary/aromatic N) is 14. The molecule has 586 valence electrons. The molecule has 14 aromatic rings. The third kappa shape index (κ3) is 18.3. The fourth-order valence-electron chi connectivity index (χ4n) is 13.8. The maximum Gasteiger partial charge on any atom is 0.274 e. The number of aryl methyl sites for hydroxylation is 6. The molecule has 0 aliphatic rings. The van der Waals surface area contributed by atoms with Crippen molar-refractivity contribution in [2.75, 3.05) is 21.7 Å². The smallest absolute Gasteiger partial charge is 0.274 e. The van der Waals surface area contributed by atoms with Gasteiger partial charge in [-0.3, -0.25) is 48.7 Å². The number of hydrogen-bond donors (Lipinski definition) is 11. The number of benzene rings is 7. The van der Waals surface area contributed by atoms with Gasteiger partial charge in [-0.05, 0) is 162 Å². The molecule has 0 spiro atoms. The highest BCUT2D eigenvalue weighted by atomic mass is 16.5. The van der Waals surface area contributed by atoms with E-state index in [1.165, 1.54) is 0 Å². The van der Waals surface area contributed by atoms with Gasteiger partial charge in [0.25, 0.3) is 22.9 Å². The van der Waals surface area contributed by atoms with Crippen molar-refractivity contribution in [3.63, 3.8) is 0 Å². The average molecular weight is 1550 g/mol. The van der Waals surface area contributed by atoms with Gasteiger partial charge in [0.1, 0.15) is 63.7 Å². The van der Waals surface area contributed by atoms with Crippen LogP contribution in [-0.4, -0.2) is 97.3 Å². The zero-order valence-electron chi connectivity index (χ0n) is 64.4. The number of aromatic amines is 1. The van der Waals surface area contributed by atoms with Crippen LogP contribution in [0.5, 0.6) is 0 Å². The first-order valence-electron chi connectivity index (χ1n) is 37.7. The Morgan fingerprint density at radius 1 is 0.509 bits per heavy atom. The predicted octanol–water partition coefficient (Wildman–Crippen LogP) is 13.5. The molecule has 7 aromatic heterocycles. The maximum absolute atomic E-state index is 14.4. The minimum atomic E-state index is -0.578. The second kappa shape index (κ2) is 37.6. The highest BCUT2D eigenvalue weighted by Crippen LogP contribution is 2.34. The van der Waals surface area contributed by atoms with Crippen molar-refractivity contribution >= 4 is 84.7 Å². The van der Waals surface area contributed by atoms with E-state index in [-0.39, 0.29) is 40.8 Å². The number of nitriles is 2. The number of nitrogens with two attached hydrogens (primary N) is 1. The zero-order chi connectivity index (χ0) is 81.9. The first-order valence-corrected chi connectivity index (χ1v) is 37.7. The van der Waals surface area contributed by atoms with Gasteiger partial charge in [0.05, 0.1) is 80.1 Å². The van der Waals surface area contributed by atoms with E-state index < -0.39 is 29.8 Å². The number of nitrogens with one attached hydrogen (secondary N) is 7. The lowest BCUT2D eigenvalue weighted by Gasteiger charge is -2.23. The van der Waals surface area contributed by atoms with Gasteiger partial charge in [-0.15, -0.1) is 0 Å². The minimum Gasteiger partial charge on any atom is -0.382 e. The number of H-pyrrole nitrogens is 1. The maximum atomic E-state index is 14.4. The van der Waals surface area contributed by atoms with Gasteiger partial charge in [-0.2, -0.15) is 10.5 Å². The summed E-state index contributed by atoms with van der Waals surface area (Å²) in [5.41, 5.74) is 21.6. The Bertz CT molecular complexity index is 6130. The van der Waals surface area contributed by atoms with E-state index in [9.17, 15) is 34.5 Å². The van der Waals surface area contributed by atoms with Gasteiger partial charge in [-0.25, -0.2) is 66.3 Å². The van der Waals surface area contributed by atoms with Crippen molar-refractivity contribution in [1.29, 1.82) is 10.5 Å². The van der Waals surface area contributed by atoms with E-state index in [1.54, 1.807) is 83.1 Å². The number of para-hydroxylation sites is 3. The van der Waals surface area contributed by atoms with E-state index in [2.05, 4.69) is 69.9 Å². The second-order valence-corrected chi connectivity index (χ2v) is 27.2. The average Bonchev–Trinajstić information content (AvgIpc) is 0.893. The summed E-state index contributed by atoms with van der Waals surface area (Å²) < 4.78 is 3.25. The van der Waals surface area contributed by atoms with E-state index >= 15 is 0 Å². The van der Waals surface area contributed by atoms with Crippen molar-refractivity contribution < 1.29 is 30.0 Å². The van der Waals surface area contributed by atoms with Crippen molar-refractivity contribution in [2.24, 2.45) is 0 Å². The molecule has 3 amide bonds. The van der Waals surface area contributed by atoms with Crippen molar-refractivity contribution in [3.8, 4) is 34.8 Å². The Kier molecular flexibility index (Phi) is 26.2. The Hall–Kier alpha value is -14.6. The SMILES string of the molecule is CC[C@H](Nc1nc(C)nc(C)c1C#N)c1nc2cccc(CCCCCC(=O)NO)c2c(=O)n1-c1ccccc1.CC[C@H](Nc1nc(C)nc(N)c1C#N)c1nc2cccc(CCc3ccc(C(=O)NO)cc3)c2c(=O)n1-c1ccccc1.CC[C@H](Nc1nccc2[nH]cnc12)c1nc(-c2ccc(C(=O)NO)cc2)c2ccccc2n1. The summed E-state index contributed by atoms with van der Waals surface area (Å²) in [6.45, 7) is 11.2. The van der Waals surface area contributed by atoms with Crippen LogP contribution in [0.2, 0.25) is 0 Å². The number of hydrogen-bond acceptors (Lipinski definition) is 24. The number of pyridine rings is 1. The van der Waals surface area contributed by atoms with Crippen molar-refractivity contribution in [1.82, 2.24) is 80.4 Å². The number of rotatable bonds is 26. The van der Waals surface area contributed by atoms with Crippen LogP contribution in [0.3, 0.4) is 0 Å². The molecule has 0 saturated carbocycles. The number of aromatic nitrogens is 13. The number of anilines is 4. The summed E-state index contributed by atoms with van der Waals surface area (Å²) in [6.07, 6.45) is 9.52. The van der Waals surface area contributed by atoms with Crippen LogP contribution in [0.1, 0.15) is 167 Å². The monoisotopic (exact) mass is 1550 g/mol. The van der Waals surface area contributed by atoms with Crippen LogP contribution in [0.4, 0.5) is 23.3 Å². The number of carbonyl (C=O) groups excluding carboxylic acids is 3. The Morgan fingerprint density at radius 2 is 1.03 bits per heavy atom. The molecule has 12 N–H and O–H groups in total. The van der Waals surface area contributed by atoms with E-state index in [0.29, 0.717) is 135 Å². The standard InChI is InChI=1S/C32H30N8O3.C30H33N7O3.C24H21N7O2/c1-3-25(37-29-24(18-33)28(34)35-19(2)36-29)30-38-26-11-7-8-21(15-12-20-13-16-22(17-14-20)31(41)39-43)27(26)32(42)40(30)23-9-5-4-6-10-23;1-4-24(34-28-23(18-31)19(2)32-20(3)33-28)29-35-25-16-11-13-21(12-7-5-10-17-26(38)36-40)27(25)30(39)37(29)22-14-8-6-9-15-22;1-2-17(28-23-21-19(11-12-25-23)26-13-27-21)22-29-18-6-4-3-5-16(18)20(30-22)14-7-9-15(10-8-14)24(32)31-33/h4-11,13-14,16-17,25,43H,3,12,15H2,1-2H3,(H,39,41)(H3,34,35,36,37);6,8-9,11,13-16,24,40H,4-5,7,10,12,17H2,1-3H3,(H,36,38)(H,32,33,34);3-13,17,33H,2H2,1H3,(H,25,28)(H,26,27)(H,31,32)/t25-;24-;17-/m000/s1. The molecule has 0 fully saturated rings. The molecule has 0 aliphatic carbocycles. The molecule has 30 nitrogen and oxygen atoms in total. The third-order valence-corrected chi connectivity index (χ3v) is 19.6. The molecule has 3 atom stereocenters. The zero-order valence-corrected chi connectivity index (χ0v) is 64.4. The number of carbonyl (C=O) groups is 3. The summed E-state index contributed by atoms with van der Waals surface area (Å²) in [5.74, 6) is 2.49. The Balaban J connectivity index is 0.000000162. The quantitative estimate of drug-likeness (QED) is 0.0136. The van der Waals surface area contributed by atoms with Gasteiger partial charge in [0.15, 0.2) is 17.5 Å². The molecule has 0 radical (unpaired) electrons. The fraction of sp³-hybridized carbons (Fsp3) is 0.221. The third-order valence-electron chi connectivity index (χ3n) is 19.6. The summed E-state index contributed by atoms with van der Waals surface area (Å²) in [4.78, 5) is 112. The molecular weight excluding hydrogens is 1470 g/mol. The van der Waals surface area contributed by atoms with Crippen molar-refractivity contribution in [3.05, 3.63) is 283 Å². The lowest BCUT2D eigenvalue weighted by Crippen LogP contribution is -2.29. The van der Waals surface area contributed by atoms with Gasteiger partial charge < -0.3 is 26.7 Å². The number of imidazole rings is 1. The van der Waals surface area contributed by atoms with Gasteiger partial charge >= 0.3 is 0 Å². The van der Waals surface area contributed by atoms with Crippen LogP contribution in [-0.2, 0) is 24.1 Å². The van der Waals surface area contributed by atoms with E-state index in [0.717, 1.165) is 69.1 Å². The van der Waals surface area contributed by atoms with E-state index in [4.69, 9.17) is 41.3 Å². The first-order chi connectivity index (χ1) is 56.4. The van der Waals surface area contributed by atoms with E-state index in [1.807, 2.05) is 166 Å². The normalized spacial score (nSPS) is 11.8. The summed E-state index contributed by atoms with van der Waals surface area (Å²) >= 11 is 0. The van der Waals surface area contributed by atoms with Crippen LogP contribution in [0.15, 0.2) is 198 Å². The fourth-order valence-corrected chi connectivity index (χ4v) is 13.8. The lowest BCUT2D eigenvalue weighted by molar-refractivity contribution is -0.129. The Labute approximate surface area is 665 Å². The van der Waals surface area contributed by atoms with Crippen LogP contribution in [0, 0.1) is 43.4 Å². The molecule has 116 heavy (non-hydrogen) atoms. The van der Waals surface area contributed by atoms with Gasteiger partial charge in [-0.1, -0.05) is 130 Å². The number of hydroxylamine groups is 3. The number of unbranched alkanes of at least 4 members (excludes halogenated alkanes) is 2. The summed E-state index contributed by atoms with van der Waals surface area (Å²) in [5, 5.41) is 58.0.